The topological polar surface area (TPSA) is 52.2 Å². The molecular weight excluding hydrogens is 242 g/mol. The summed E-state index contributed by atoms with van der Waals surface area (Å²) in [6.45, 7) is 1.94. The Kier molecular flexibility index (Phi) is 2.56. The highest BCUT2D eigenvalue weighted by Gasteiger charge is 2.16. The van der Waals surface area contributed by atoms with Gasteiger partial charge >= 0.3 is 5.76 Å². The van der Waals surface area contributed by atoms with E-state index >= 15 is 0 Å². The minimum Gasteiger partial charge on any atom is -0.407 e. The third-order valence-electron chi connectivity index (χ3n) is 2.99. The number of hydrogen-bond acceptors (Lipinski definition) is 3. The molecule has 0 aliphatic rings. The molecule has 2 aromatic carbocycles. The molecule has 1 aromatic heterocycles. The van der Waals surface area contributed by atoms with Crippen molar-refractivity contribution in [3.63, 3.8) is 0 Å². The van der Waals surface area contributed by atoms with E-state index in [-0.39, 0.29) is 5.91 Å². The summed E-state index contributed by atoms with van der Waals surface area (Å²) < 4.78 is 6.11. The van der Waals surface area contributed by atoms with E-state index in [2.05, 4.69) is 0 Å². The number of carbonyl (C=O) groups excluding carboxylic acids is 1. The first-order valence-corrected chi connectivity index (χ1v) is 5.89. The minimum atomic E-state index is -0.660. The Morgan fingerprint density at radius 3 is 2.47 bits per heavy atom. The van der Waals surface area contributed by atoms with Crippen molar-refractivity contribution in [2.75, 3.05) is 0 Å². The average Bonchev–Trinajstić information content (AvgIpc) is 2.74. The number of carbonyl (C=O) groups is 1. The standard InChI is InChI=1S/C15H11NO3/c1-10-6-8-11(9-7-10)14(17)16-12-4-2-3-5-13(12)19-15(16)18/h2-9H,1H3. The van der Waals surface area contributed by atoms with Gasteiger partial charge in [0.1, 0.15) is 0 Å². The number of fused-ring (bicyclic) bond motifs is 1. The van der Waals surface area contributed by atoms with Crippen LogP contribution in [0.1, 0.15) is 15.9 Å². The molecule has 1 heterocycles. The Morgan fingerprint density at radius 1 is 1.05 bits per heavy atom. The highest BCUT2D eigenvalue weighted by molar-refractivity contribution is 6.00. The lowest BCUT2D eigenvalue weighted by Gasteiger charge is -2.01. The van der Waals surface area contributed by atoms with Crippen molar-refractivity contribution in [3.8, 4) is 0 Å². The molecule has 3 rings (SSSR count). The van der Waals surface area contributed by atoms with Crippen LogP contribution >= 0.6 is 0 Å². The molecule has 3 aromatic rings. The Labute approximate surface area is 108 Å². The lowest BCUT2D eigenvalue weighted by molar-refractivity contribution is 0.0956. The van der Waals surface area contributed by atoms with Gasteiger partial charge in [-0.2, -0.15) is 0 Å². The van der Waals surface area contributed by atoms with Gasteiger partial charge in [-0.1, -0.05) is 29.8 Å². The van der Waals surface area contributed by atoms with Crippen LogP contribution in [0, 0.1) is 6.92 Å². The first kappa shape index (κ1) is 11.5. The number of benzene rings is 2. The van der Waals surface area contributed by atoms with E-state index in [4.69, 9.17) is 4.42 Å². The molecule has 0 aliphatic heterocycles. The van der Waals surface area contributed by atoms with Gasteiger partial charge in [0.05, 0.1) is 5.52 Å². The smallest absolute Gasteiger partial charge is 0.407 e. The largest absolute Gasteiger partial charge is 0.427 e. The van der Waals surface area contributed by atoms with Crippen molar-refractivity contribution >= 4 is 17.0 Å². The maximum absolute atomic E-state index is 12.4. The number of nitrogens with zero attached hydrogens (tertiary/aromatic N) is 1. The number of oxazole rings is 1. The molecule has 0 amide bonds. The third-order valence-corrected chi connectivity index (χ3v) is 2.99. The fourth-order valence-electron chi connectivity index (χ4n) is 1.98. The van der Waals surface area contributed by atoms with Gasteiger partial charge in [-0.05, 0) is 31.2 Å². The predicted octanol–water partition coefficient (Wildman–Crippen LogP) is 2.59. The second-order valence-electron chi connectivity index (χ2n) is 4.34. The molecule has 0 fully saturated rings. The fraction of sp³-hybridized carbons (Fsp3) is 0.0667. The third kappa shape index (κ3) is 1.87. The number of rotatable bonds is 1. The van der Waals surface area contributed by atoms with Crippen molar-refractivity contribution in [1.82, 2.24) is 4.57 Å². The molecule has 94 valence electrons. The predicted molar refractivity (Wildman–Crippen MR) is 71.4 cm³/mol. The van der Waals surface area contributed by atoms with Crippen LogP contribution in [0.2, 0.25) is 0 Å². The molecule has 4 heteroatoms. The van der Waals surface area contributed by atoms with Crippen LogP contribution in [0.15, 0.2) is 57.7 Å². The molecule has 0 bridgehead atoms. The van der Waals surface area contributed by atoms with Gasteiger partial charge in [-0.25, -0.2) is 9.36 Å². The zero-order valence-corrected chi connectivity index (χ0v) is 10.3. The van der Waals surface area contributed by atoms with Crippen molar-refractivity contribution in [2.45, 2.75) is 6.92 Å². The summed E-state index contributed by atoms with van der Waals surface area (Å²) in [5.41, 5.74) is 2.41. The van der Waals surface area contributed by atoms with E-state index in [1.165, 1.54) is 0 Å². The summed E-state index contributed by atoms with van der Waals surface area (Å²) in [4.78, 5) is 24.2. The minimum absolute atomic E-state index is 0.380. The van der Waals surface area contributed by atoms with Crippen LogP contribution < -0.4 is 5.76 Å². The molecule has 0 radical (unpaired) electrons. The molecule has 4 nitrogen and oxygen atoms in total. The SMILES string of the molecule is Cc1ccc(C(=O)n2c(=O)oc3ccccc32)cc1. The molecular formula is C15H11NO3. The molecule has 0 atom stereocenters. The molecule has 0 spiro atoms. The van der Waals surface area contributed by atoms with Gasteiger partial charge in [0.2, 0.25) is 0 Å². The maximum Gasteiger partial charge on any atom is 0.427 e. The molecule has 0 saturated carbocycles. The van der Waals surface area contributed by atoms with E-state index < -0.39 is 5.76 Å². The van der Waals surface area contributed by atoms with Crippen LogP contribution in [-0.2, 0) is 0 Å². The Morgan fingerprint density at radius 2 is 1.74 bits per heavy atom. The fourth-order valence-corrected chi connectivity index (χ4v) is 1.98. The summed E-state index contributed by atoms with van der Waals surface area (Å²) >= 11 is 0. The van der Waals surface area contributed by atoms with Gasteiger partial charge in [0.15, 0.2) is 5.58 Å². The van der Waals surface area contributed by atoms with Crippen molar-refractivity contribution in [2.24, 2.45) is 0 Å². The molecule has 0 saturated heterocycles. The highest BCUT2D eigenvalue weighted by atomic mass is 16.4. The van der Waals surface area contributed by atoms with Crippen molar-refractivity contribution in [1.29, 1.82) is 0 Å². The summed E-state index contributed by atoms with van der Waals surface area (Å²) in [6.07, 6.45) is 0. The number of aryl methyl sites for hydroxylation is 1. The molecule has 0 N–H and O–H groups in total. The summed E-state index contributed by atoms with van der Waals surface area (Å²) in [7, 11) is 0. The number of hydrogen-bond donors (Lipinski definition) is 0. The maximum atomic E-state index is 12.4. The first-order valence-electron chi connectivity index (χ1n) is 5.89. The second-order valence-corrected chi connectivity index (χ2v) is 4.34. The van der Waals surface area contributed by atoms with Crippen molar-refractivity contribution in [3.05, 3.63) is 70.2 Å². The van der Waals surface area contributed by atoms with E-state index in [0.29, 0.717) is 16.7 Å². The van der Waals surface area contributed by atoms with Gasteiger partial charge < -0.3 is 4.42 Å². The van der Waals surface area contributed by atoms with E-state index in [1.807, 2.05) is 19.1 Å². The normalized spacial score (nSPS) is 10.8. The lowest BCUT2D eigenvalue weighted by atomic mass is 10.1. The van der Waals surface area contributed by atoms with Crippen LogP contribution in [0.4, 0.5) is 0 Å². The zero-order chi connectivity index (χ0) is 13.4. The second kappa shape index (κ2) is 4.24. The van der Waals surface area contributed by atoms with Gasteiger partial charge in [0.25, 0.3) is 5.91 Å². The van der Waals surface area contributed by atoms with E-state index in [0.717, 1.165) is 10.1 Å². The van der Waals surface area contributed by atoms with Gasteiger partial charge in [0, 0.05) is 5.56 Å². The Hall–Kier alpha value is -2.62. The highest BCUT2D eigenvalue weighted by Crippen LogP contribution is 2.14. The number of para-hydroxylation sites is 2. The average molecular weight is 253 g/mol. The molecule has 19 heavy (non-hydrogen) atoms. The summed E-state index contributed by atoms with van der Waals surface area (Å²) in [5, 5.41) is 0. The summed E-state index contributed by atoms with van der Waals surface area (Å²) in [6, 6.07) is 13.9. The number of aromatic nitrogens is 1. The Bertz CT molecular complexity index is 809. The lowest BCUT2D eigenvalue weighted by Crippen LogP contribution is -2.23. The first-order chi connectivity index (χ1) is 9.16. The Balaban J connectivity index is 2.19. The quantitative estimate of drug-likeness (QED) is 0.669. The monoisotopic (exact) mass is 253 g/mol. The van der Waals surface area contributed by atoms with Crippen LogP contribution in [0.3, 0.4) is 0 Å². The van der Waals surface area contributed by atoms with Crippen molar-refractivity contribution < 1.29 is 9.21 Å². The molecule has 0 unspecified atom stereocenters. The van der Waals surface area contributed by atoms with Crippen LogP contribution in [0.5, 0.6) is 0 Å². The van der Waals surface area contributed by atoms with Crippen LogP contribution in [-0.4, -0.2) is 10.5 Å². The molecule has 0 aliphatic carbocycles. The summed E-state index contributed by atoms with van der Waals surface area (Å²) in [5.74, 6) is -1.04. The van der Waals surface area contributed by atoms with Crippen LogP contribution in [0.25, 0.3) is 11.1 Å². The van der Waals surface area contributed by atoms with E-state index in [1.54, 1.807) is 36.4 Å². The van der Waals surface area contributed by atoms with Gasteiger partial charge in [-0.3, -0.25) is 4.79 Å². The van der Waals surface area contributed by atoms with E-state index in [9.17, 15) is 9.59 Å². The van der Waals surface area contributed by atoms with Gasteiger partial charge in [-0.15, -0.1) is 0 Å². The zero-order valence-electron chi connectivity index (χ0n) is 10.3.